The second-order valence-electron chi connectivity index (χ2n) is 8.70. The van der Waals surface area contributed by atoms with E-state index in [-0.39, 0.29) is 5.78 Å². The van der Waals surface area contributed by atoms with Crippen molar-refractivity contribution in [3.8, 4) is 16.8 Å². The summed E-state index contributed by atoms with van der Waals surface area (Å²) < 4.78 is 40.0. The Kier molecular flexibility index (Phi) is 6.49. The van der Waals surface area contributed by atoms with Crippen molar-refractivity contribution >= 4 is 27.4 Å². The quantitative estimate of drug-likeness (QED) is 0.434. The summed E-state index contributed by atoms with van der Waals surface area (Å²) in [6.07, 6.45) is 4.78. The molecule has 0 spiro atoms. The average molecular weight is 489 g/mol. The number of primary sulfonamides is 1. The molecule has 1 heterocycles. The number of sulfonamides is 1. The summed E-state index contributed by atoms with van der Waals surface area (Å²) in [6, 6.07) is 11.1. The molecule has 0 amide bonds. The maximum atomic E-state index is 14.7. The lowest BCUT2D eigenvalue weighted by molar-refractivity contribution is 0.0962. The zero-order valence-corrected chi connectivity index (χ0v) is 20.1. The highest BCUT2D eigenvalue weighted by atomic mass is 35.5. The van der Waals surface area contributed by atoms with E-state index in [1.807, 2.05) is 30.5 Å². The minimum atomic E-state index is -4.19. The van der Waals surface area contributed by atoms with Crippen molar-refractivity contribution in [3.05, 3.63) is 70.3 Å². The van der Waals surface area contributed by atoms with Crippen LogP contribution < -0.4 is 5.14 Å². The Bertz CT molecular complexity index is 1320. The maximum Gasteiger partial charge on any atom is 0.240 e. The minimum absolute atomic E-state index is 0.0149. The number of aromatic nitrogens is 1. The lowest BCUT2D eigenvalue weighted by Gasteiger charge is -2.11. The summed E-state index contributed by atoms with van der Waals surface area (Å²) in [5, 5.41) is 5.72. The molecule has 0 atom stereocenters. The van der Waals surface area contributed by atoms with Crippen molar-refractivity contribution in [2.75, 3.05) is 0 Å². The van der Waals surface area contributed by atoms with Crippen LogP contribution in [0.2, 0.25) is 5.02 Å². The molecule has 1 aliphatic carbocycles. The van der Waals surface area contributed by atoms with Crippen molar-refractivity contribution < 1.29 is 17.6 Å². The molecule has 1 aromatic heterocycles. The summed E-state index contributed by atoms with van der Waals surface area (Å²) in [5.74, 6) is -0.577. The van der Waals surface area contributed by atoms with Gasteiger partial charge in [-0.15, -0.1) is 0 Å². The van der Waals surface area contributed by atoms with Crippen molar-refractivity contribution in [2.24, 2.45) is 11.1 Å². The molecule has 1 saturated carbocycles. The van der Waals surface area contributed by atoms with Crippen molar-refractivity contribution in [2.45, 2.75) is 50.8 Å². The van der Waals surface area contributed by atoms with Crippen LogP contribution >= 0.6 is 11.6 Å². The zero-order valence-electron chi connectivity index (χ0n) is 18.6. The zero-order chi connectivity index (χ0) is 23.9. The molecule has 1 aliphatic rings. The van der Waals surface area contributed by atoms with Crippen LogP contribution in [-0.2, 0) is 10.0 Å². The lowest BCUT2D eigenvalue weighted by Crippen LogP contribution is -2.14. The van der Waals surface area contributed by atoms with Gasteiger partial charge in [-0.1, -0.05) is 43.4 Å². The number of nitrogens with zero attached hydrogens (tertiary/aromatic N) is 1. The summed E-state index contributed by atoms with van der Waals surface area (Å²) in [4.78, 5) is 13.0. The molecule has 0 radical (unpaired) electrons. The molecule has 0 unspecified atom stereocenters. The molecule has 5 nitrogen and oxygen atoms in total. The molecule has 0 aliphatic heterocycles. The topological polar surface area (TPSA) is 82.2 Å². The van der Waals surface area contributed by atoms with E-state index in [0.29, 0.717) is 34.1 Å². The van der Waals surface area contributed by atoms with Gasteiger partial charge in [-0.25, -0.2) is 17.9 Å². The first-order valence-electron chi connectivity index (χ1n) is 10.9. The summed E-state index contributed by atoms with van der Waals surface area (Å²) in [7, 11) is -4.19. The van der Waals surface area contributed by atoms with Gasteiger partial charge < -0.3 is 4.57 Å². The highest BCUT2D eigenvalue weighted by molar-refractivity contribution is 7.89. The molecule has 33 heavy (non-hydrogen) atoms. The van der Waals surface area contributed by atoms with Crippen LogP contribution in [0.5, 0.6) is 0 Å². The molecule has 174 valence electrons. The van der Waals surface area contributed by atoms with Crippen molar-refractivity contribution in [3.63, 3.8) is 0 Å². The normalized spacial score (nSPS) is 14.7. The van der Waals surface area contributed by atoms with Gasteiger partial charge in [0.25, 0.3) is 0 Å². The van der Waals surface area contributed by atoms with E-state index in [4.69, 9.17) is 16.7 Å². The van der Waals surface area contributed by atoms with Crippen LogP contribution in [0.1, 0.15) is 53.8 Å². The molecular weight excluding hydrogens is 463 g/mol. The third kappa shape index (κ3) is 4.63. The predicted molar refractivity (Wildman–Crippen MR) is 128 cm³/mol. The first-order valence-corrected chi connectivity index (χ1v) is 12.8. The Labute approximate surface area is 198 Å². The molecule has 2 N–H and O–H groups in total. The fourth-order valence-corrected chi connectivity index (χ4v) is 5.69. The number of Topliss-reactive ketones (excluding diaryl/α,β-unsaturated/α-hetero) is 1. The summed E-state index contributed by atoms with van der Waals surface area (Å²) >= 11 is 6.06. The number of nitrogens with two attached hydrogens (primary N) is 1. The van der Waals surface area contributed by atoms with Crippen LogP contribution in [0, 0.1) is 25.6 Å². The average Bonchev–Trinajstić information content (AvgIpc) is 3.33. The maximum absolute atomic E-state index is 14.7. The number of hydrogen-bond acceptors (Lipinski definition) is 3. The van der Waals surface area contributed by atoms with Gasteiger partial charge >= 0.3 is 0 Å². The number of benzene rings is 2. The van der Waals surface area contributed by atoms with Gasteiger partial charge in [-0.2, -0.15) is 0 Å². The number of carbonyl (C=O) groups excluding carboxylic acids is 1. The van der Waals surface area contributed by atoms with Crippen LogP contribution in [0.15, 0.2) is 47.4 Å². The largest absolute Gasteiger partial charge is 0.317 e. The van der Waals surface area contributed by atoms with Gasteiger partial charge in [-0.3, -0.25) is 4.79 Å². The van der Waals surface area contributed by atoms with Gasteiger partial charge in [0, 0.05) is 39.6 Å². The first kappa shape index (κ1) is 23.7. The molecule has 2 aromatic carbocycles. The monoisotopic (exact) mass is 488 g/mol. The third-order valence-corrected chi connectivity index (χ3v) is 7.68. The van der Waals surface area contributed by atoms with Crippen LogP contribution in [0.4, 0.5) is 4.39 Å². The van der Waals surface area contributed by atoms with E-state index in [1.54, 1.807) is 12.1 Å². The van der Waals surface area contributed by atoms with E-state index < -0.39 is 20.7 Å². The molecular formula is C25H26ClFN2O3S. The van der Waals surface area contributed by atoms with Crippen molar-refractivity contribution in [1.82, 2.24) is 4.57 Å². The highest BCUT2D eigenvalue weighted by Crippen LogP contribution is 2.38. The number of rotatable bonds is 6. The summed E-state index contributed by atoms with van der Waals surface area (Å²) in [6.45, 7) is 3.75. The number of ketones is 1. The van der Waals surface area contributed by atoms with Gasteiger partial charge in [-0.05, 0) is 61.7 Å². The Morgan fingerprint density at radius 1 is 1.09 bits per heavy atom. The SMILES string of the molecule is Cc1c(C(=O)CC2CCCC2)c(-c2ccc(S(N)(=O)=O)c(F)c2)c(C)n1-c1ccc(Cl)cc1. The smallest absolute Gasteiger partial charge is 0.240 e. The Hall–Kier alpha value is -2.48. The molecule has 0 bridgehead atoms. The number of hydrogen-bond donors (Lipinski definition) is 1. The first-order chi connectivity index (χ1) is 15.6. The van der Waals surface area contributed by atoms with E-state index in [9.17, 15) is 17.6 Å². The van der Waals surface area contributed by atoms with Gasteiger partial charge in [0.15, 0.2) is 5.78 Å². The predicted octanol–water partition coefficient (Wildman–Crippen LogP) is 5.96. The van der Waals surface area contributed by atoms with Gasteiger partial charge in [0.05, 0.1) is 0 Å². The Balaban J connectivity index is 1.90. The fraction of sp³-hybridized carbons (Fsp3) is 0.320. The van der Waals surface area contributed by atoms with Gasteiger partial charge in [0.1, 0.15) is 10.7 Å². The Morgan fingerprint density at radius 3 is 2.30 bits per heavy atom. The van der Waals surface area contributed by atoms with Crippen LogP contribution in [0.25, 0.3) is 16.8 Å². The fourth-order valence-electron chi connectivity index (χ4n) is 4.97. The van der Waals surface area contributed by atoms with E-state index in [0.717, 1.165) is 54.9 Å². The Morgan fingerprint density at radius 2 is 1.73 bits per heavy atom. The summed E-state index contributed by atoms with van der Waals surface area (Å²) in [5.41, 5.74) is 3.92. The highest BCUT2D eigenvalue weighted by Gasteiger charge is 2.28. The van der Waals surface area contributed by atoms with Crippen molar-refractivity contribution in [1.29, 1.82) is 0 Å². The second-order valence-corrected chi connectivity index (χ2v) is 10.7. The lowest BCUT2D eigenvalue weighted by atomic mass is 9.92. The van der Waals surface area contributed by atoms with Gasteiger partial charge in [0.2, 0.25) is 10.0 Å². The molecule has 8 heteroatoms. The molecule has 4 rings (SSSR count). The third-order valence-electron chi connectivity index (χ3n) is 6.48. The molecule has 3 aromatic rings. The molecule has 0 saturated heterocycles. The standard InChI is InChI=1S/C25H26ClFN2O3S/c1-15-24(18-7-12-23(21(27)14-18)33(28,31)32)25(22(30)13-17-5-3-4-6-17)16(2)29(15)20-10-8-19(26)9-11-20/h7-12,14,17H,3-6,13H2,1-2H3,(H2,28,31,32). The number of carbonyl (C=O) groups is 1. The molecule has 1 fully saturated rings. The van der Waals surface area contributed by atoms with E-state index >= 15 is 0 Å². The second kappa shape index (κ2) is 9.05. The van der Waals surface area contributed by atoms with E-state index in [1.165, 1.54) is 6.07 Å². The minimum Gasteiger partial charge on any atom is -0.317 e. The van der Waals surface area contributed by atoms with E-state index in [2.05, 4.69) is 0 Å². The number of halogens is 2. The van der Waals surface area contributed by atoms with Crippen LogP contribution in [-0.4, -0.2) is 18.8 Å². The van der Waals surface area contributed by atoms with Crippen LogP contribution in [0.3, 0.4) is 0 Å².